The van der Waals surface area contributed by atoms with Gasteiger partial charge in [0.15, 0.2) is 6.29 Å². The highest BCUT2D eigenvalue weighted by Crippen LogP contribution is 2.75. The van der Waals surface area contributed by atoms with Crippen molar-refractivity contribution in [3.05, 3.63) is 11.6 Å². The molecule has 5 N–H and O–H groups in total. The number of carbonyl (C=O) groups excluding carboxylic acids is 1. The van der Waals surface area contributed by atoms with Crippen molar-refractivity contribution in [2.75, 3.05) is 13.2 Å². The smallest absolute Gasteiger partial charge is 0.186 e. The molecule has 8 nitrogen and oxygen atoms in total. The summed E-state index contributed by atoms with van der Waals surface area (Å²) in [6, 6.07) is 0. The molecule has 6 rings (SSSR count). The Bertz CT molecular complexity index is 1180. The Morgan fingerprint density at radius 2 is 1.59 bits per heavy atom. The number of hydrogen-bond acceptors (Lipinski definition) is 8. The molecule has 1 saturated heterocycles. The van der Waals surface area contributed by atoms with E-state index in [4.69, 9.17) is 9.47 Å². The van der Waals surface area contributed by atoms with Gasteiger partial charge in [0.05, 0.1) is 19.3 Å². The lowest BCUT2D eigenvalue weighted by atomic mass is 9.33. The molecule has 6 aliphatic rings. The first-order valence-corrected chi connectivity index (χ1v) is 17.2. The average molecular weight is 619 g/mol. The van der Waals surface area contributed by atoms with Crippen LogP contribution in [0.2, 0.25) is 0 Å². The number of hydrogen-bond donors (Lipinski definition) is 5. The number of carbonyl (C=O) groups is 1. The molecule has 8 heteroatoms. The maximum Gasteiger partial charge on any atom is 0.186 e. The first-order chi connectivity index (χ1) is 20.4. The summed E-state index contributed by atoms with van der Waals surface area (Å²) in [5.41, 5.74) is 0.717. The lowest BCUT2D eigenvalue weighted by Gasteiger charge is -2.71. The third-order valence-electron chi connectivity index (χ3n) is 15.0. The fraction of sp³-hybridized carbons (Fsp3) is 0.917. The zero-order valence-electron chi connectivity index (χ0n) is 28.0. The van der Waals surface area contributed by atoms with Crippen molar-refractivity contribution < 1.29 is 39.8 Å². The summed E-state index contributed by atoms with van der Waals surface area (Å²) in [4.78, 5) is 13.6. The van der Waals surface area contributed by atoms with Crippen LogP contribution in [0.4, 0.5) is 0 Å². The molecular weight excluding hydrogens is 560 g/mol. The van der Waals surface area contributed by atoms with Crippen LogP contribution in [0.5, 0.6) is 0 Å². The predicted molar refractivity (Wildman–Crippen MR) is 165 cm³/mol. The Hall–Kier alpha value is -0.870. The molecule has 14 atom stereocenters. The fourth-order valence-corrected chi connectivity index (χ4v) is 11.9. The minimum Gasteiger partial charge on any atom is -0.394 e. The summed E-state index contributed by atoms with van der Waals surface area (Å²) in [5, 5.41) is 52.3. The molecule has 1 heterocycles. The second-order valence-electron chi connectivity index (χ2n) is 17.8. The standard InChI is InChI=1S/C36H58O8/c1-31(2)16-21-20-8-9-24-33(4)12-11-25(38)34(5,19-43-30-29(42)28(41)27(40)22(18-37)44-30)23(33)10-13-36(24,7)35(20,6)15-14-32(21,3)26(39)17-31/h8,21-25,27-30,37-38,40-42H,9-19H2,1-7H3. The Balaban J connectivity index is 1.29. The van der Waals surface area contributed by atoms with Gasteiger partial charge in [-0.05, 0) is 90.8 Å². The van der Waals surface area contributed by atoms with E-state index in [2.05, 4.69) is 54.5 Å². The second kappa shape index (κ2) is 10.6. The van der Waals surface area contributed by atoms with Gasteiger partial charge in [0, 0.05) is 17.3 Å². The monoisotopic (exact) mass is 618 g/mol. The van der Waals surface area contributed by atoms with E-state index < -0.39 is 48.8 Å². The van der Waals surface area contributed by atoms with Crippen LogP contribution in [0, 0.1) is 50.2 Å². The van der Waals surface area contributed by atoms with Crippen molar-refractivity contribution in [1.82, 2.24) is 0 Å². The molecule has 0 radical (unpaired) electrons. The molecule has 5 fully saturated rings. The maximum atomic E-state index is 13.6. The largest absolute Gasteiger partial charge is 0.394 e. The third-order valence-corrected chi connectivity index (χ3v) is 15.0. The van der Waals surface area contributed by atoms with Gasteiger partial charge in [-0.3, -0.25) is 4.79 Å². The summed E-state index contributed by atoms with van der Waals surface area (Å²) in [6.07, 6.45) is 3.59. The van der Waals surface area contributed by atoms with E-state index >= 15 is 0 Å². The van der Waals surface area contributed by atoms with Gasteiger partial charge in [0.1, 0.15) is 30.2 Å². The van der Waals surface area contributed by atoms with E-state index in [1.165, 1.54) is 5.57 Å². The molecule has 0 aromatic heterocycles. The molecule has 44 heavy (non-hydrogen) atoms. The number of aliphatic hydroxyl groups is 5. The summed E-state index contributed by atoms with van der Waals surface area (Å²) >= 11 is 0. The SMILES string of the molecule is CC1(C)CC(=O)C2(C)CCC3(C)C(=CCC4C5(C)CCC(O)C(C)(COC6OC(CO)C(O)C(O)C6O)C5CCC43C)C2C1. The number of allylic oxidation sites excluding steroid dienone is 2. The van der Waals surface area contributed by atoms with Crippen LogP contribution < -0.4 is 0 Å². The summed E-state index contributed by atoms with van der Waals surface area (Å²) in [5.74, 6) is 1.33. The van der Waals surface area contributed by atoms with Gasteiger partial charge >= 0.3 is 0 Å². The van der Waals surface area contributed by atoms with E-state index in [0.717, 1.165) is 44.9 Å². The highest BCUT2D eigenvalue weighted by molar-refractivity contribution is 5.87. The molecule has 0 aromatic carbocycles. The molecule has 0 spiro atoms. The van der Waals surface area contributed by atoms with Gasteiger partial charge in [0.2, 0.25) is 0 Å². The number of ether oxygens (including phenoxy) is 2. The maximum absolute atomic E-state index is 13.6. The Labute approximate surface area is 263 Å². The molecule has 5 aliphatic carbocycles. The van der Waals surface area contributed by atoms with Crippen molar-refractivity contribution in [2.45, 2.75) is 143 Å². The fourth-order valence-electron chi connectivity index (χ4n) is 11.9. The first-order valence-electron chi connectivity index (χ1n) is 17.2. The quantitative estimate of drug-likeness (QED) is 0.297. The number of ketones is 1. The van der Waals surface area contributed by atoms with E-state index in [0.29, 0.717) is 30.5 Å². The molecular formula is C36H58O8. The van der Waals surface area contributed by atoms with Gasteiger partial charge in [-0.25, -0.2) is 0 Å². The van der Waals surface area contributed by atoms with E-state index in [1.807, 2.05) is 0 Å². The number of rotatable bonds is 4. The van der Waals surface area contributed by atoms with Crippen molar-refractivity contribution >= 4 is 5.78 Å². The molecule has 0 aromatic rings. The van der Waals surface area contributed by atoms with Crippen molar-refractivity contribution in [1.29, 1.82) is 0 Å². The Morgan fingerprint density at radius 1 is 0.886 bits per heavy atom. The Kier molecular flexibility index (Phi) is 7.94. The van der Waals surface area contributed by atoms with E-state index in [9.17, 15) is 30.3 Å². The molecule has 0 amide bonds. The average Bonchev–Trinajstić information content (AvgIpc) is 2.95. The van der Waals surface area contributed by atoms with Crippen molar-refractivity contribution in [3.8, 4) is 0 Å². The second-order valence-corrected chi connectivity index (χ2v) is 17.8. The van der Waals surface area contributed by atoms with Crippen LogP contribution in [0.3, 0.4) is 0 Å². The van der Waals surface area contributed by atoms with Gasteiger partial charge in [-0.1, -0.05) is 60.1 Å². The molecule has 250 valence electrons. The normalized spacial score (nSPS) is 55.2. The molecule has 1 aliphatic heterocycles. The van der Waals surface area contributed by atoms with Crippen LogP contribution >= 0.6 is 0 Å². The van der Waals surface area contributed by atoms with Crippen molar-refractivity contribution in [3.63, 3.8) is 0 Å². The summed E-state index contributed by atoms with van der Waals surface area (Å²) in [7, 11) is 0. The first kappa shape index (κ1) is 33.0. The summed E-state index contributed by atoms with van der Waals surface area (Å²) < 4.78 is 11.8. The van der Waals surface area contributed by atoms with Crippen LogP contribution in [-0.2, 0) is 14.3 Å². The van der Waals surface area contributed by atoms with E-state index in [-0.39, 0.29) is 39.6 Å². The number of fused-ring (bicyclic) bond motifs is 7. The highest BCUT2D eigenvalue weighted by atomic mass is 16.7. The molecule has 0 bridgehead atoms. The van der Waals surface area contributed by atoms with E-state index in [1.54, 1.807) is 0 Å². The summed E-state index contributed by atoms with van der Waals surface area (Å²) in [6.45, 7) is 15.9. The Morgan fingerprint density at radius 3 is 2.27 bits per heavy atom. The molecule has 14 unspecified atom stereocenters. The third kappa shape index (κ3) is 4.44. The van der Waals surface area contributed by atoms with Crippen LogP contribution in [-0.4, -0.2) is 81.3 Å². The van der Waals surface area contributed by atoms with Crippen LogP contribution in [0.15, 0.2) is 11.6 Å². The topological polar surface area (TPSA) is 137 Å². The van der Waals surface area contributed by atoms with Gasteiger partial charge in [0.25, 0.3) is 0 Å². The zero-order valence-corrected chi connectivity index (χ0v) is 28.0. The minimum atomic E-state index is -1.50. The predicted octanol–water partition coefficient (Wildman–Crippen LogP) is 4.14. The lowest BCUT2D eigenvalue weighted by molar-refractivity contribution is -0.315. The van der Waals surface area contributed by atoms with Gasteiger partial charge in [-0.2, -0.15) is 0 Å². The van der Waals surface area contributed by atoms with Crippen LogP contribution in [0.1, 0.15) is 106 Å². The number of aliphatic hydroxyl groups excluding tert-OH is 5. The minimum absolute atomic E-state index is 0.0149. The van der Waals surface area contributed by atoms with Gasteiger partial charge in [-0.15, -0.1) is 0 Å². The van der Waals surface area contributed by atoms with Gasteiger partial charge < -0.3 is 35.0 Å². The molecule has 4 saturated carbocycles. The highest BCUT2D eigenvalue weighted by Gasteiger charge is 2.69. The van der Waals surface area contributed by atoms with Crippen LogP contribution in [0.25, 0.3) is 0 Å². The lowest BCUT2D eigenvalue weighted by Crippen LogP contribution is -2.66. The number of Topliss-reactive ketones (excluding diaryl/α,β-unsaturated/α-hetero) is 1. The zero-order chi connectivity index (χ0) is 32.3. The van der Waals surface area contributed by atoms with Crippen molar-refractivity contribution in [2.24, 2.45) is 50.2 Å².